The Labute approximate surface area is 379 Å². The number of hydrogen-bond acceptors (Lipinski definition) is 6. The fourth-order valence-electron chi connectivity index (χ4n) is 9.48. The number of benzene rings is 11. The first kappa shape index (κ1) is 37.5. The zero-order chi connectivity index (χ0) is 43.6. The van der Waals surface area contributed by atoms with Crippen LogP contribution in [0.2, 0.25) is 0 Å². The first-order chi connectivity index (χ1) is 32.7. The van der Waals surface area contributed by atoms with Crippen molar-refractivity contribution in [2.45, 2.75) is 0 Å². The van der Waals surface area contributed by atoms with Gasteiger partial charge in [0.2, 0.25) is 11.8 Å². The first-order valence-corrected chi connectivity index (χ1v) is 22.1. The van der Waals surface area contributed by atoms with Crippen molar-refractivity contribution < 1.29 is 8.83 Å². The highest BCUT2D eigenvalue weighted by Gasteiger charge is 2.20. The molecule has 0 saturated heterocycles. The van der Waals surface area contributed by atoms with E-state index in [4.69, 9.17) is 18.8 Å². The molecule has 0 N–H and O–H groups in total. The van der Waals surface area contributed by atoms with Crippen LogP contribution in [0.15, 0.2) is 239 Å². The molecule has 6 nitrogen and oxygen atoms in total. The Balaban J connectivity index is 0.904. The van der Waals surface area contributed by atoms with E-state index >= 15 is 0 Å². The quantitative estimate of drug-likeness (QED) is 0.142. The van der Waals surface area contributed by atoms with Crippen molar-refractivity contribution in [3.8, 4) is 22.9 Å². The monoisotopic (exact) mass is 846 g/mol. The predicted octanol–water partition coefficient (Wildman–Crippen LogP) is 16.9. The molecule has 0 aliphatic heterocycles. The molecule has 310 valence electrons. The zero-order valence-electron chi connectivity index (χ0n) is 35.5. The summed E-state index contributed by atoms with van der Waals surface area (Å²) < 4.78 is 12.3. The molecule has 0 bridgehead atoms. The van der Waals surface area contributed by atoms with Crippen LogP contribution in [0.4, 0.5) is 34.1 Å². The van der Waals surface area contributed by atoms with E-state index in [-0.39, 0.29) is 0 Å². The van der Waals surface area contributed by atoms with Crippen molar-refractivity contribution in [1.82, 2.24) is 9.97 Å². The summed E-state index contributed by atoms with van der Waals surface area (Å²) in [7, 11) is 0. The van der Waals surface area contributed by atoms with Gasteiger partial charge < -0.3 is 18.6 Å². The number of nitrogens with zero attached hydrogens (tertiary/aromatic N) is 4. The smallest absolute Gasteiger partial charge is 0.227 e. The van der Waals surface area contributed by atoms with Gasteiger partial charge in [0.25, 0.3) is 0 Å². The Morgan fingerprint density at radius 2 is 0.682 bits per heavy atom. The van der Waals surface area contributed by atoms with Crippen LogP contribution >= 0.6 is 0 Å². The summed E-state index contributed by atoms with van der Waals surface area (Å²) in [5, 5.41) is 9.39. The molecule has 11 aromatic carbocycles. The number of anilines is 6. The maximum absolute atomic E-state index is 6.14. The first-order valence-electron chi connectivity index (χ1n) is 22.1. The number of rotatable bonds is 8. The molecule has 2 aromatic heterocycles. The lowest BCUT2D eigenvalue weighted by Crippen LogP contribution is -2.10. The molecule has 13 rings (SSSR count). The van der Waals surface area contributed by atoms with Crippen LogP contribution in [0.1, 0.15) is 0 Å². The van der Waals surface area contributed by atoms with Gasteiger partial charge in [-0.1, -0.05) is 121 Å². The number of fused-ring (bicyclic) bond motifs is 7. The molecular weight excluding hydrogens is 809 g/mol. The van der Waals surface area contributed by atoms with E-state index in [9.17, 15) is 0 Å². The fraction of sp³-hybridized carbons (Fsp3) is 0. The Bertz CT molecular complexity index is 3630. The van der Waals surface area contributed by atoms with Gasteiger partial charge in [0.05, 0.1) is 11.4 Å². The van der Waals surface area contributed by atoms with Crippen molar-refractivity contribution in [2.75, 3.05) is 9.80 Å². The van der Waals surface area contributed by atoms with E-state index in [0.717, 1.165) is 78.2 Å². The lowest BCUT2D eigenvalue weighted by molar-refractivity contribution is 0.619. The molecule has 0 fully saturated rings. The minimum Gasteiger partial charge on any atom is -0.436 e. The van der Waals surface area contributed by atoms with Gasteiger partial charge >= 0.3 is 0 Å². The van der Waals surface area contributed by atoms with E-state index in [0.29, 0.717) is 11.8 Å². The van der Waals surface area contributed by atoms with Crippen LogP contribution in [-0.4, -0.2) is 9.97 Å². The number of para-hydroxylation sites is 4. The molecule has 0 spiro atoms. The number of hydrogen-bond donors (Lipinski definition) is 0. The van der Waals surface area contributed by atoms with Crippen molar-refractivity contribution in [3.63, 3.8) is 0 Å². The van der Waals surface area contributed by atoms with E-state index in [1.54, 1.807) is 0 Å². The average Bonchev–Trinajstić information content (AvgIpc) is 4.03. The second-order valence-corrected chi connectivity index (χ2v) is 16.6. The van der Waals surface area contributed by atoms with E-state index < -0.39 is 0 Å². The second-order valence-electron chi connectivity index (χ2n) is 16.6. The fourth-order valence-corrected chi connectivity index (χ4v) is 9.48. The van der Waals surface area contributed by atoms with Crippen LogP contribution in [0.3, 0.4) is 0 Å². The van der Waals surface area contributed by atoms with Gasteiger partial charge in [-0.15, -0.1) is 0 Å². The van der Waals surface area contributed by atoms with Crippen LogP contribution in [0.25, 0.3) is 88.2 Å². The van der Waals surface area contributed by atoms with E-state index in [1.807, 2.05) is 48.5 Å². The lowest BCUT2D eigenvalue weighted by atomic mass is 9.99. The van der Waals surface area contributed by atoms with Crippen molar-refractivity contribution in [2.24, 2.45) is 0 Å². The third-order valence-corrected chi connectivity index (χ3v) is 12.7. The van der Waals surface area contributed by atoms with Crippen molar-refractivity contribution in [3.05, 3.63) is 231 Å². The molecular formula is C60H38N4O2. The highest BCUT2D eigenvalue weighted by Crippen LogP contribution is 2.44. The topological polar surface area (TPSA) is 58.5 Å². The maximum Gasteiger partial charge on any atom is 0.227 e. The number of oxazole rings is 2. The van der Waals surface area contributed by atoms with Gasteiger partial charge in [-0.3, -0.25) is 0 Å². The highest BCUT2D eigenvalue weighted by molar-refractivity contribution is 6.11. The minimum atomic E-state index is 0.606. The Morgan fingerprint density at radius 1 is 0.288 bits per heavy atom. The highest BCUT2D eigenvalue weighted by atomic mass is 16.4. The normalized spacial score (nSPS) is 11.6. The van der Waals surface area contributed by atoms with E-state index in [2.05, 4.69) is 192 Å². The molecule has 13 aromatic rings. The average molecular weight is 847 g/mol. The lowest BCUT2D eigenvalue weighted by Gasteiger charge is -2.28. The summed E-state index contributed by atoms with van der Waals surface area (Å²) in [6.07, 6.45) is 0. The summed E-state index contributed by atoms with van der Waals surface area (Å²) in [6, 6.07) is 81.1. The molecule has 0 amide bonds. The molecule has 0 aliphatic rings. The standard InChI is InChI=1S/C60H38N4O2/c1-3-15-51-39(11-1)13-9-19-55(51)63(45-29-25-41(26-30-45)59-61-53-17-5-7-21-57(53)65-59)47-33-35-49-43(37-47)23-24-44-38-48(34-36-50(44)49)64(56-20-10-14-40-12-2-4-16-52(40)56)46-31-27-42(28-32-46)60-62-54-18-6-8-22-58(54)66-60/h1-38H. The summed E-state index contributed by atoms with van der Waals surface area (Å²) in [5.74, 6) is 1.21. The van der Waals surface area contributed by atoms with Gasteiger partial charge in [-0.25, -0.2) is 9.97 Å². The molecule has 2 heterocycles. The van der Waals surface area contributed by atoms with Gasteiger partial charge in [0, 0.05) is 44.6 Å². The van der Waals surface area contributed by atoms with Crippen LogP contribution < -0.4 is 9.80 Å². The summed E-state index contributed by atoms with van der Waals surface area (Å²) >= 11 is 0. The third kappa shape index (κ3) is 6.42. The van der Waals surface area contributed by atoms with Crippen molar-refractivity contribution in [1.29, 1.82) is 0 Å². The summed E-state index contributed by atoms with van der Waals surface area (Å²) in [5.41, 5.74) is 11.5. The Kier molecular flexibility index (Phi) is 8.74. The van der Waals surface area contributed by atoms with Crippen LogP contribution in [0, 0.1) is 0 Å². The zero-order valence-corrected chi connectivity index (χ0v) is 35.5. The van der Waals surface area contributed by atoms with Crippen LogP contribution in [0.5, 0.6) is 0 Å². The molecule has 0 radical (unpaired) electrons. The van der Waals surface area contributed by atoms with Crippen LogP contribution in [-0.2, 0) is 0 Å². The van der Waals surface area contributed by atoms with Gasteiger partial charge in [0.15, 0.2) is 11.2 Å². The Morgan fingerprint density at radius 3 is 1.14 bits per heavy atom. The molecule has 66 heavy (non-hydrogen) atoms. The minimum absolute atomic E-state index is 0.606. The largest absolute Gasteiger partial charge is 0.436 e. The van der Waals surface area contributed by atoms with Gasteiger partial charge in [0.1, 0.15) is 11.0 Å². The number of aromatic nitrogens is 2. The third-order valence-electron chi connectivity index (χ3n) is 12.7. The molecule has 0 saturated carbocycles. The summed E-state index contributed by atoms with van der Waals surface area (Å²) in [4.78, 5) is 14.2. The summed E-state index contributed by atoms with van der Waals surface area (Å²) in [6.45, 7) is 0. The van der Waals surface area contributed by atoms with Crippen molar-refractivity contribution >= 4 is 99.4 Å². The Hall–Kier alpha value is -9.00. The second kappa shape index (κ2) is 15.4. The van der Waals surface area contributed by atoms with Gasteiger partial charge in [-0.05, 0) is 142 Å². The molecule has 0 aliphatic carbocycles. The predicted molar refractivity (Wildman–Crippen MR) is 272 cm³/mol. The van der Waals surface area contributed by atoms with Gasteiger partial charge in [-0.2, -0.15) is 0 Å². The van der Waals surface area contributed by atoms with E-state index in [1.165, 1.54) is 32.3 Å². The maximum atomic E-state index is 6.14. The SMILES string of the molecule is c1ccc2c(N(c3ccc(-c4nc5ccccc5o4)cc3)c3ccc4c(ccc5cc(N(c6ccc(-c7nc8ccccc8o7)cc6)c6cccc7ccccc67)ccc54)c3)cccc2c1. The molecule has 0 atom stereocenters. The molecule has 6 heteroatoms. The molecule has 0 unspecified atom stereocenters.